The molecule has 2 aromatic heterocycles. The number of nitrogens with zero attached hydrogens (tertiary/aromatic N) is 6. The summed E-state index contributed by atoms with van der Waals surface area (Å²) >= 11 is 0. The third-order valence-corrected chi connectivity index (χ3v) is 7.66. The number of hydrogen-bond acceptors (Lipinski definition) is 5. The normalized spacial score (nSPS) is 19.9. The summed E-state index contributed by atoms with van der Waals surface area (Å²) in [7, 11) is 1.70. The second-order valence-corrected chi connectivity index (χ2v) is 10.2. The van der Waals surface area contributed by atoms with Crippen molar-refractivity contribution in [1.82, 2.24) is 29.2 Å². The van der Waals surface area contributed by atoms with E-state index in [4.69, 9.17) is 14.8 Å². The molecule has 7 nitrogen and oxygen atoms in total. The first kappa shape index (κ1) is 23.7. The highest BCUT2D eigenvalue weighted by Gasteiger charge is 2.37. The van der Waals surface area contributed by atoms with Crippen LogP contribution in [-0.4, -0.2) is 48.9 Å². The topological polar surface area (TPSA) is 61.0 Å². The van der Waals surface area contributed by atoms with Gasteiger partial charge in [0.2, 0.25) is 0 Å². The fourth-order valence-electron chi connectivity index (χ4n) is 5.89. The summed E-state index contributed by atoms with van der Waals surface area (Å²) < 4.78 is 9.80. The van der Waals surface area contributed by atoms with Gasteiger partial charge in [-0.05, 0) is 68.5 Å². The molecule has 4 aromatic rings. The molecule has 0 N–H and O–H groups in total. The maximum Gasteiger partial charge on any atom is 0.174 e. The Labute approximate surface area is 218 Å². The Morgan fingerprint density at radius 3 is 2.70 bits per heavy atom. The molecule has 2 aromatic carbocycles. The fraction of sp³-hybridized carbons (Fsp3) is 0.367. The Balaban J connectivity index is 1.21. The van der Waals surface area contributed by atoms with E-state index in [1.165, 1.54) is 24.8 Å². The highest BCUT2D eigenvalue weighted by atomic mass is 16.5. The number of rotatable bonds is 7. The largest absolute Gasteiger partial charge is 0.495 e. The summed E-state index contributed by atoms with van der Waals surface area (Å²) in [6.45, 7) is 5.10. The van der Waals surface area contributed by atoms with Gasteiger partial charge in [0, 0.05) is 31.2 Å². The van der Waals surface area contributed by atoms with E-state index in [2.05, 4.69) is 63.1 Å². The van der Waals surface area contributed by atoms with Crippen molar-refractivity contribution in [2.24, 2.45) is 0 Å². The van der Waals surface area contributed by atoms with Crippen LogP contribution in [0.5, 0.6) is 5.75 Å². The van der Waals surface area contributed by atoms with Crippen LogP contribution in [0.4, 0.5) is 0 Å². The predicted octanol–water partition coefficient (Wildman–Crippen LogP) is 5.49. The van der Waals surface area contributed by atoms with E-state index in [-0.39, 0.29) is 0 Å². The summed E-state index contributed by atoms with van der Waals surface area (Å²) in [5.41, 5.74) is 4.38. The Morgan fingerprint density at radius 1 is 1.03 bits per heavy atom. The van der Waals surface area contributed by atoms with Crippen LogP contribution in [0.3, 0.4) is 0 Å². The lowest BCUT2D eigenvalue weighted by molar-refractivity contribution is 0.191. The minimum Gasteiger partial charge on any atom is -0.495 e. The van der Waals surface area contributed by atoms with E-state index < -0.39 is 0 Å². The van der Waals surface area contributed by atoms with E-state index in [9.17, 15) is 0 Å². The van der Waals surface area contributed by atoms with Gasteiger partial charge in [-0.1, -0.05) is 42.5 Å². The van der Waals surface area contributed by atoms with Gasteiger partial charge in [0.25, 0.3) is 0 Å². The van der Waals surface area contributed by atoms with Crippen LogP contribution in [0.15, 0.2) is 61.1 Å². The molecule has 37 heavy (non-hydrogen) atoms. The molecule has 7 heteroatoms. The molecule has 2 atom stereocenters. The molecule has 0 saturated carbocycles. The van der Waals surface area contributed by atoms with Gasteiger partial charge in [0.1, 0.15) is 11.6 Å². The molecule has 0 amide bonds. The van der Waals surface area contributed by atoms with Gasteiger partial charge < -0.3 is 9.30 Å². The molecule has 0 spiro atoms. The Bertz CT molecular complexity index is 1390. The average molecular weight is 495 g/mol. The second-order valence-electron chi connectivity index (χ2n) is 10.2. The van der Waals surface area contributed by atoms with Crippen molar-refractivity contribution in [3.8, 4) is 11.4 Å². The molecule has 0 aliphatic carbocycles. The van der Waals surface area contributed by atoms with Gasteiger partial charge in [0.05, 0.1) is 24.8 Å². The van der Waals surface area contributed by atoms with Crippen molar-refractivity contribution in [1.29, 1.82) is 0 Å². The van der Waals surface area contributed by atoms with Gasteiger partial charge in [-0.25, -0.2) is 14.6 Å². The summed E-state index contributed by atoms with van der Waals surface area (Å²) in [5, 5.41) is 4.86. The van der Waals surface area contributed by atoms with Gasteiger partial charge in [-0.3, -0.25) is 4.90 Å². The zero-order valence-corrected chi connectivity index (χ0v) is 21.6. The number of aromatic nitrogens is 5. The number of ether oxygens (including phenoxy) is 1. The predicted molar refractivity (Wildman–Crippen MR) is 146 cm³/mol. The number of imidazole rings is 1. The first-order chi connectivity index (χ1) is 18.2. The molecule has 4 heterocycles. The number of likely N-dealkylation sites (tertiary alicyclic amines) is 1. The van der Waals surface area contributed by atoms with Crippen molar-refractivity contribution in [2.75, 3.05) is 13.7 Å². The number of aryl methyl sites for hydroxylation is 2. The fourth-order valence-corrected chi connectivity index (χ4v) is 5.89. The molecule has 0 unspecified atom stereocenters. The molecular weight excluding hydrogens is 460 g/mol. The minimum atomic E-state index is 0.438. The maximum atomic E-state index is 5.67. The third kappa shape index (κ3) is 4.96. The van der Waals surface area contributed by atoms with Gasteiger partial charge in [-0.2, -0.15) is 5.10 Å². The van der Waals surface area contributed by atoms with Crippen LogP contribution in [0, 0.1) is 6.92 Å². The van der Waals surface area contributed by atoms with Crippen LogP contribution >= 0.6 is 0 Å². The second kappa shape index (κ2) is 10.3. The van der Waals surface area contributed by atoms with Crippen molar-refractivity contribution >= 4 is 12.2 Å². The van der Waals surface area contributed by atoms with Crippen molar-refractivity contribution in [2.45, 2.75) is 57.7 Å². The van der Waals surface area contributed by atoms with Crippen LogP contribution in [0.2, 0.25) is 0 Å². The zero-order chi connectivity index (χ0) is 25.2. The summed E-state index contributed by atoms with van der Waals surface area (Å²) in [5.74, 6) is 3.17. The van der Waals surface area contributed by atoms with E-state index in [1.54, 1.807) is 7.11 Å². The van der Waals surface area contributed by atoms with E-state index >= 15 is 0 Å². The average Bonchev–Trinajstić information content (AvgIpc) is 3.67. The highest BCUT2D eigenvalue weighted by Crippen LogP contribution is 2.37. The van der Waals surface area contributed by atoms with Crippen LogP contribution in [-0.2, 0) is 13.1 Å². The summed E-state index contributed by atoms with van der Waals surface area (Å²) in [6.07, 6.45) is 12.7. The van der Waals surface area contributed by atoms with E-state index in [1.807, 2.05) is 36.2 Å². The molecule has 1 fully saturated rings. The minimum absolute atomic E-state index is 0.438. The zero-order valence-electron chi connectivity index (χ0n) is 21.6. The SMILES string of the molecule is COc1cc(/C=C/c2nc3n(n2)CCC[C@@H]3[C@H]2CCCN2Cc2ccccc2)ccc1-n1cnc(C)c1. The lowest BCUT2D eigenvalue weighted by Crippen LogP contribution is -2.37. The molecule has 2 aliphatic heterocycles. The Morgan fingerprint density at radius 2 is 1.89 bits per heavy atom. The number of fused-ring (bicyclic) bond motifs is 1. The van der Waals surface area contributed by atoms with Gasteiger partial charge in [0.15, 0.2) is 5.82 Å². The lowest BCUT2D eigenvalue weighted by atomic mass is 9.89. The Kier molecular flexibility index (Phi) is 6.62. The quantitative estimate of drug-likeness (QED) is 0.340. The highest BCUT2D eigenvalue weighted by molar-refractivity contribution is 5.69. The van der Waals surface area contributed by atoms with Crippen molar-refractivity contribution in [3.05, 3.63) is 89.5 Å². The smallest absolute Gasteiger partial charge is 0.174 e. The maximum absolute atomic E-state index is 5.67. The van der Waals surface area contributed by atoms with E-state index in [0.29, 0.717) is 12.0 Å². The molecule has 1 saturated heterocycles. The Hall–Kier alpha value is -3.71. The van der Waals surface area contributed by atoms with Crippen molar-refractivity contribution in [3.63, 3.8) is 0 Å². The van der Waals surface area contributed by atoms with Crippen molar-refractivity contribution < 1.29 is 4.74 Å². The monoisotopic (exact) mass is 494 g/mol. The third-order valence-electron chi connectivity index (χ3n) is 7.66. The van der Waals surface area contributed by atoms with Gasteiger partial charge >= 0.3 is 0 Å². The molecule has 6 rings (SSSR count). The van der Waals surface area contributed by atoms with E-state index in [0.717, 1.165) is 60.4 Å². The first-order valence-corrected chi connectivity index (χ1v) is 13.3. The molecule has 190 valence electrons. The molecule has 0 radical (unpaired) electrons. The van der Waals surface area contributed by atoms with Gasteiger partial charge in [-0.15, -0.1) is 0 Å². The van der Waals surface area contributed by atoms with Crippen LogP contribution in [0.1, 0.15) is 60.1 Å². The number of methoxy groups -OCH3 is 1. The molecular formula is C30H34N6O. The molecule has 2 aliphatic rings. The summed E-state index contributed by atoms with van der Waals surface area (Å²) in [4.78, 5) is 12.0. The van der Waals surface area contributed by atoms with Crippen LogP contribution in [0.25, 0.3) is 17.8 Å². The lowest BCUT2D eigenvalue weighted by Gasteiger charge is -2.33. The molecule has 0 bridgehead atoms. The number of hydrogen-bond donors (Lipinski definition) is 0. The standard InChI is InChI=1S/C30H34N6O/c1-22-19-35(21-31-22)27-14-12-23(18-28(27)37-2)13-15-29-32-30-25(10-6-17-36(30)33-29)26-11-7-16-34(26)20-24-8-4-3-5-9-24/h3-5,8-9,12-15,18-19,21,25-26H,6-7,10-11,16-17,20H2,1-2H3/b15-13+/t25-,26-/m1/s1. The van der Waals surface area contributed by atoms with Crippen LogP contribution < -0.4 is 4.74 Å². The number of benzene rings is 2. The first-order valence-electron chi connectivity index (χ1n) is 13.3. The summed E-state index contributed by atoms with van der Waals surface area (Å²) in [6, 6.07) is 17.6.